The van der Waals surface area contributed by atoms with Crippen LogP contribution in [-0.4, -0.2) is 33.3 Å². The molecule has 1 aromatic rings. The number of nitrogens with two attached hydrogens (primary N) is 1. The second kappa shape index (κ2) is 6.86. The van der Waals surface area contributed by atoms with Crippen molar-refractivity contribution in [2.45, 2.75) is 32.6 Å². The molecule has 0 aliphatic heterocycles. The number of ether oxygens (including phenoxy) is 1. The molecule has 1 atom stereocenters. The molecule has 0 aliphatic rings. The van der Waals surface area contributed by atoms with Crippen LogP contribution < -0.4 is 17.0 Å². The molecule has 0 bridgehead atoms. The molecule has 0 fully saturated rings. The van der Waals surface area contributed by atoms with Crippen LogP contribution in [0.4, 0.5) is 0 Å². The zero-order chi connectivity index (χ0) is 14.4. The van der Waals surface area contributed by atoms with Crippen molar-refractivity contribution >= 4 is 5.91 Å². The van der Waals surface area contributed by atoms with Crippen molar-refractivity contribution in [3.8, 4) is 0 Å². The van der Waals surface area contributed by atoms with Crippen molar-refractivity contribution in [1.29, 1.82) is 0 Å². The van der Waals surface area contributed by atoms with Gasteiger partial charge in [0.05, 0.1) is 12.7 Å². The summed E-state index contributed by atoms with van der Waals surface area (Å²) in [6, 6.07) is 0. The second-order valence-electron chi connectivity index (χ2n) is 4.15. The number of aromatic amines is 1. The Morgan fingerprint density at radius 2 is 2.26 bits per heavy atom. The molecule has 1 amide bonds. The average molecular weight is 271 g/mol. The Kier molecular flexibility index (Phi) is 5.46. The molecule has 1 rings (SSSR count). The summed E-state index contributed by atoms with van der Waals surface area (Å²) in [5.41, 5.74) is 4.32. The summed E-state index contributed by atoms with van der Waals surface area (Å²) in [5.74, 6) is -0.487. The van der Waals surface area contributed by atoms with Gasteiger partial charge in [0.2, 0.25) is 5.91 Å². The van der Waals surface area contributed by atoms with Gasteiger partial charge in [0.15, 0.2) is 0 Å². The number of amides is 1. The minimum atomic E-state index is -0.595. The van der Waals surface area contributed by atoms with E-state index in [1.807, 2.05) is 0 Å². The van der Waals surface area contributed by atoms with E-state index in [1.54, 1.807) is 6.92 Å². The Balaban J connectivity index is 2.64. The van der Waals surface area contributed by atoms with E-state index < -0.39 is 23.3 Å². The number of nitrogens with one attached hydrogen (secondary N) is 1. The molecule has 0 aliphatic carbocycles. The van der Waals surface area contributed by atoms with Crippen LogP contribution in [0.2, 0.25) is 0 Å². The van der Waals surface area contributed by atoms with Crippen LogP contribution in [0.1, 0.15) is 18.4 Å². The van der Waals surface area contributed by atoms with Crippen molar-refractivity contribution in [3.63, 3.8) is 0 Å². The maximum atomic E-state index is 11.4. The molecule has 8 heteroatoms. The van der Waals surface area contributed by atoms with E-state index in [2.05, 4.69) is 4.98 Å². The Morgan fingerprint density at radius 1 is 1.58 bits per heavy atom. The fourth-order valence-electron chi connectivity index (χ4n) is 1.43. The summed E-state index contributed by atoms with van der Waals surface area (Å²) >= 11 is 0. The van der Waals surface area contributed by atoms with E-state index >= 15 is 0 Å². The Labute approximate surface area is 108 Å². The Morgan fingerprint density at radius 3 is 2.84 bits per heavy atom. The van der Waals surface area contributed by atoms with Crippen LogP contribution in [0.15, 0.2) is 15.8 Å². The number of aryl methyl sites for hydroxylation is 1. The van der Waals surface area contributed by atoms with Crippen LogP contribution in [-0.2, 0) is 16.3 Å². The predicted octanol–water partition coefficient (Wildman–Crippen LogP) is -1.55. The highest BCUT2D eigenvalue weighted by Gasteiger charge is 2.10. The van der Waals surface area contributed by atoms with Gasteiger partial charge in [0, 0.05) is 18.2 Å². The summed E-state index contributed by atoms with van der Waals surface area (Å²) in [5, 5.41) is 9.06. The first-order chi connectivity index (χ1) is 8.93. The number of aromatic nitrogens is 2. The molecule has 0 spiro atoms. The van der Waals surface area contributed by atoms with Crippen molar-refractivity contribution in [1.82, 2.24) is 9.55 Å². The highest BCUT2D eigenvalue weighted by atomic mass is 16.5. The molecule has 0 radical (unpaired) electrons. The number of nitrogens with zero attached hydrogens (tertiary/aromatic N) is 1. The summed E-state index contributed by atoms with van der Waals surface area (Å²) in [4.78, 5) is 35.4. The summed E-state index contributed by atoms with van der Waals surface area (Å²) in [6.07, 6.45) is 1.13. The standard InChI is InChI=1S/C11H17N3O5/c1-7-4-14(11(18)13-10(7)17)6-19-8(5-15)2-3-9(12)16/h4,8,15H,2-3,5-6H2,1H3,(H2,12,16)(H,13,17,18). The molecule has 0 aromatic carbocycles. The molecule has 1 heterocycles. The molecule has 1 aromatic heterocycles. The van der Waals surface area contributed by atoms with Gasteiger partial charge in [-0.15, -0.1) is 0 Å². The monoisotopic (exact) mass is 271 g/mol. The topological polar surface area (TPSA) is 127 Å². The van der Waals surface area contributed by atoms with Crippen molar-refractivity contribution < 1.29 is 14.6 Å². The third-order valence-electron chi connectivity index (χ3n) is 2.55. The molecular weight excluding hydrogens is 254 g/mol. The third kappa shape index (κ3) is 4.68. The van der Waals surface area contributed by atoms with E-state index in [0.717, 1.165) is 0 Å². The lowest BCUT2D eigenvalue weighted by molar-refractivity contribution is -0.119. The van der Waals surface area contributed by atoms with E-state index in [9.17, 15) is 14.4 Å². The fourth-order valence-corrected chi connectivity index (χ4v) is 1.43. The van der Waals surface area contributed by atoms with Gasteiger partial charge in [-0.2, -0.15) is 0 Å². The number of rotatable bonds is 7. The number of carbonyl (C=O) groups is 1. The lowest BCUT2D eigenvalue weighted by Gasteiger charge is -2.15. The summed E-state index contributed by atoms with van der Waals surface area (Å²) in [6.45, 7) is 1.15. The summed E-state index contributed by atoms with van der Waals surface area (Å²) < 4.78 is 6.46. The lowest BCUT2D eigenvalue weighted by atomic mass is 10.2. The largest absolute Gasteiger partial charge is 0.394 e. The first-order valence-corrected chi connectivity index (χ1v) is 5.75. The van der Waals surface area contributed by atoms with Crippen LogP contribution in [0.3, 0.4) is 0 Å². The Hall–Kier alpha value is -1.93. The number of aliphatic hydroxyl groups excluding tert-OH is 1. The van der Waals surface area contributed by atoms with Crippen LogP contribution in [0.25, 0.3) is 0 Å². The van der Waals surface area contributed by atoms with Crippen LogP contribution in [0.5, 0.6) is 0 Å². The smallest absolute Gasteiger partial charge is 0.330 e. The molecule has 0 saturated heterocycles. The molecule has 106 valence electrons. The van der Waals surface area contributed by atoms with Gasteiger partial charge in [-0.3, -0.25) is 19.1 Å². The van der Waals surface area contributed by atoms with Crippen molar-refractivity contribution in [2.75, 3.05) is 6.61 Å². The predicted molar refractivity (Wildman–Crippen MR) is 66.4 cm³/mol. The summed E-state index contributed by atoms with van der Waals surface area (Å²) in [7, 11) is 0. The van der Waals surface area contributed by atoms with E-state index in [0.29, 0.717) is 5.56 Å². The second-order valence-corrected chi connectivity index (χ2v) is 4.15. The van der Waals surface area contributed by atoms with Gasteiger partial charge < -0.3 is 15.6 Å². The zero-order valence-electron chi connectivity index (χ0n) is 10.6. The highest BCUT2D eigenvalue weighted by Crippen LogP contribution is 2.02. The fraction of sp³-hybridized carbons (Fsp3) is 0.545. The molecule has 19 heavy (non-hydrogen) atoms. The van der Waals surface area contributed by atoms with E-state index in [-0.39, 0.29) is 26.2 Å². The number of aliphatic hydroxyl groups is 1. The van der Waals surface area contributed by atoms with Gasteiger partial charge in [-0.05, 0) is 13.3 Å². The molecular formula is C11H17N3O5. The SMILES string of the molecule is Cc1cn(COC(CO)CCC(N)=O)c(=O)[nH]c1=O. The Bertz CT molecular complexity index is 548. The number of hydrogen-bond donors (Lipinski definition) is 3. The molecule has 4 N–H and O–H groups in total. The van der Waals surface area contributed by atoms with Gasteiger partial charge in [0.25, 0.3) is 5.56 Å². The number of hydrogen-bond acceptors (Lipinski definition) is 5. The highest BCUT2D eigenvalue weighted by molar-refractivity contribution is 5.73. The number of primary amides is 1. The van der Waals surface area contributed by atoms with Gasteiger partial charge in [-0.1, -0.05) is 0 Å². The molecule has 8 nitrogen and oxygen atoms in total. The lowest BCUT2D eigenvalue weighted by Crippen LogP contribution is -2.33. The van der Waals surface area contributed by atoms with Crippen LogP contribution in [0, 0.1) is 6.92 Å². The molecule has 0 saturated carbocycles. The van der Waals surface area contributed by atoms with E-state index in [4.69, 9.17) is 15.6 Å². The third-order valence-corrected chi connectivity index (χ3v) is 2.55. The van der Waals surface area contributed by atoms with Gasteiger partial charge in [-0.25, -0.2) is 4.79 Å². The zero-order valence-corrected chi connectivity index (χ0v) is 10.6. The van der Waals surface area contributed by atoms with Crippen molar-refractivity contribution in [2.24, 2.45) is 5.73 Å². The number of H-pyrrole nitrogens is 1. The van der Waals surface area contributed by atoms with E-state index in [1.165, 1.54) is 10.8 Å². The minimum Gasteiger partial charge on any atom is -0.394 e. The van der Waals surface area contributed by atoms with Crippen LogP contribution >= 0.6 is 0 Å². The first-order valence-electron chi connectivity index (χ1n) is 5.75. The van der Waals surface area contributed by atoms with Crippen molar-refractivity contribution in [3.05, 3.63) is 32.6 Å². The number of carbonyl (C=O) groups excluding carboxylic acids is 1. The normalized spacial score (nSPS) is 12.3. The first kappa shape index (κ1) is 15.1. The van der Waals surface area contributed by atoms with Gasteiger partial charge >= 0.3 is 5.69 Å². The maximum absolute atomic E-state index is 11.4. The quantitative estimate of drug-likeness (QED) is 0.553. The molecule has 1 unspecified atom stereocenters. The minimum absolute atomic E-state index is 0.0881. The maximum Gasteiger partial charge on any atom is 0.330 e. The van der Waals surface area contributed by atoms with Gasteiger partial charge in [0.1, 0.15) is 6.73 Å². The average Bonchev–Trinajstić information content (AvgIpc) is 2.35.